The van der Waals surface area contributed by atoms with Crippen LogP contribution in [0.15, 0.2) is 0 Å². The van der Waals surface area contributed by atoms with Crippen LogP contribution in [0.1, 0.15) is 45.4 Å². The summed E-state index contributed by atoms with van der Waals surface area (Å²) >= 11 is 0. The molecule has 3 nitrogen and oxygen atoms in total. The topological polar surface area (TPSA) is 78.1 Å². The molecule has 0 atom stereocenters. The molecule has 91 valence electrons. The Kier molecular flexibility index (Phi) is 88.6. The molecule has 0 bridgehead atoms. The average molecular weight is 206 g/mol. The van der Waals surface area contributed by atoms with Gasteiger partial charge < -0.3 is 17.2 Å². The molecule has 0 heterocycles. The van der Waals surface area contributed by atoms with Gasteiger partial charge in [0.05, 0.1) is 0 Å². The van der Waals surface area contributed by atoms with Crippen LogP contribution < -0.4 is 17.2 Å². The zero-order valence-electron chi connectivity index (χ0n) is 10.7. The van der Waals surface area contributed by atoms with Crippen LogP contribution in [0, 0.1) is 6.92 Å². The Morgan fingerprint density at radius 3 is 1.36 bits per heavy atom. The average Bonchev–Trinajstić information content (AvgIpc) is 2.33. The van der Waals surface area contributed by atoms with Gasteiger partial charge in [0.15, 0.2) is 0 Å². The molecule has 6 N–H and O–H groups in total. The van der Waals surface area contributed by atoms with E-state index in [9.17, 15) is 0 Å². The van der Waals surface area contributed by atoms with E-state index in [-0.39, 0.29) is 0 Å². The van der Waals surface area contributed by atoms with E-state index in [2.05, 4.69) is 31.0 Å². The first-order valence-electron chi connectivity index (χ1n) is 5.44. The van der Waals surface area contributed by atoms with Gasteiger partial charge in [-0.1, -0.05) is 52.4 Å². The number of rotatable bonds is 5. The maximum Gasteiger partial charge on any atom is -0.0195 e. The molecular formula is C11H32N3. The van der Waals surface area contributed by atoms with Crippen LogP contribution in [0.25, 0.3) is 0 Å². The van der Waals surface area contributed by atoms with Crippen molar-refractivity contribution in [2.24, 2.45) is 17.2 Å². The van der Waals surface area contributed by atoms with Gasteiger partial charge in [-0.2, -0.15) is 0 Å². The minimum absolute atomic E-state index is 1.11. The van der Waals surface area contributed by atoms with Crippen LogP contribution in [0.4, 0.5) is 0 Å². The fourth-order valence-corrected chi connectivity index (χ4v) is 0.780. The van der Waals surface area contributed by atoms with Gasteiger partial charge in [-0.05, 0) is 21.1 Å². The number of nitrogens with two attached hydrogens (primary N) is 3. The van der Waals surface area contributed by atoms with E-state index >= 15 is 0 Å². The van der Waals surface area contributed by atoms with E-state index < -0.39 is 0 Å². The van der Waals surface area contributed by atoms with Crippen LogP contribution in [0.5, 0.6) is 0 Å². The highest BCUT2D eigenvalue weighted by Crippen LogP contribution is 2.03. The molecule has 0 amide bonds. The highest BCUT2D eigenvalue weighted by Gasteiger charge is 1.83. The molecule has 0 aliphatic rings. The monoisotopic (exact) mass is 206 g/mol. The molecule has 0 aromatic rings. The molecule has 0 rings (SSSR count). The van der Waals surface area contributed by atoms with Crippen LogP contribution in [0.3, 0.4) is 0 Å². The van der Waals surface area contributed by atoms with Crippen LogP contribution in [0.2, 0.25) is 0 Å². The van der Waals surface area contributed by atoms with Gasteiger partial charge in [0.1, 0.15) is 0 Å². The van der Waals surface area contributed by atoms with E-state index in [1.807, 2.05) is 0 Å². The minimum Gasteiger partial charge on any atom is -0.333 e. The largest absolute Gasteiger partial charge is 0.333 e. The van der Waals surface area contributed by atoms with Crippen molar-refractivity contribution in [1.29, 1.82) is 0 Å². The molecule has 0 spiro atoms. The third kappa shape index (κ3) is 59.1. The van der Waals surface area contributed by atoms with Crippen molar-refractivity contribution in [3.05, 3.63) is 6.92 Å². The maximum absolute atomic E-state index is 4.50. The Balaban J connectivity index is -0.0000000708. The third-order valence-electron chi connectivity index (χ3n) is 1.35. The van der Waals surface area contributed by atoms with Gasteiger partial charge in [-0.25, -0.2) is 0 Å². The second kappa shape index (κ2) is 52.6. The van der Waals surface area contributed by atoms with Gasteiger partial charge >= 0.3 is 0 Å². The molecule has 1 radical (unpaired) electrons. The number of unbranched alkanes of at least 4 members (excludes halogenated alkanes) is 5. The summed E-state index contributed by atoms with van der Waals surface area (Å²) in [5.74, 6) is 0. The lowest BCUT2D eigenvalue weighted by Crippen LogP contribution is -1.74. The maximum atomic E-state index is 4.50. The van der Waals surface area contributed by atoms with Crippen molar-refractivity contribution in [2.45, 2.75) is 45.4 Å². The van der Waals surface area contributed by atoms with Crippen molar-refractivity contribution in [2.75, 3.05) is 21.1 Å². The molecular weight excluding hydrogens is 174 g/mol. The first-order chi connectivity index (χ1) is 6.91. The summed E-state index contributed by atoms with van der Waals surface area (Å²) in [5, 5.41) is 0. The Bertz CT molecular complexity index is 35.5. The molecule has 14 heavy (non-hydrogen) atoms. The summed E-state index contributed by atoms with van der Waals surface area (Å²) in [5.41, 5.74) is 13.5. The molecule has 0 unspecified atom stereocenters. The van der Waals surface area contributed by atoms with Gasteiger partial charge in [0.25, 0.3) is 0 Å². The van der Waals surface area contributed by atoms with E-state index in [0.717, 1.165) is 6.42 Å². The quantitative estimate of drug-likeness (QED) is 0.601. The molecule has 0 aromatic heterocycles. The van der Waals surface area contributed by atoms with Gasteiger partial charge in [0.2, 0.25) is 0 Å². The lowest BCUT2D eigenvalue weighted by Gasteiger charge is -1.93. The molecule has 0 aliphatic heterocycles. The van der Waals surface area contributed by atoms with Crippen molar-refractivity contribution in [3.8, 4) is 0 Å². The summed E-state index contributed by atoms with van der Waals surface area (Å²) in [6, 6.07) is 0. The molecule has 0 aliphatic carbocycles. The van der Waals surface area contributed by atoms with E-state index in [4.69, 9.17) is 0 Å². The summed E-state index contributed by atoms with van der Waals surface area (Å²) in [6.07, 6.45) is 7.98. The van der Waals surface area contributed by atoms with Crippen molar-refractivity contribution in [3.63, 3.8) is 0 Å². The standard InChI is InChI=1S/C8H17.3CH5N/c1-3-5-7-8-6-4-2;3*1-2/h1,3-8H2,2H3;3*2H2,1H3. The summed E-state index contributed by atoms with van der Waals surface area (Å²) in [4.78, 5) is 0. The second-order valence-corrected chi connectivity index (χ2v) is 2.27. The van der Waals surface area contributed by atoms with Crippen LogP contribution in [-0.4, -0.2) is 21.1 Å². The van der Waals surface area contributed by atoms with Gasteiger partial charge in [-0.3, -0.25) is 0 Å². The lowest BCUT2D eigenvalue weighted by molar-refractivity contribution is 0.637. The van der Waals surface area contributed by atoms with Crippen LogP contribution >= 0.6 is 0 Å². The van der Waals surface area contributed by atoms with Gasteiger partial charge in [0, 0.05) is 0 Å². The molecule has 3 heteroatoms. The predicted octanol–water partition coefficient (Wildman–Crippen LogP) is 1.91. The van der Waals surface area contributed by atoms with E-state index in [1.54, 1.807) is 0 Å². The fourth-order valence-electron chi connectivity index (χ4n) is 0.780. The molecule has 0 saturated carbocycles. The zero-order chi connectivity index (χ0) is 12.2. The molecule has 0 fully saturated rings. The second-order valence-electron chi connectivity index (χ2n) is 2.27. The van der Waals surface area contributed by atoms with E-state index in [0.29, 0.717) is 0 Å². The van der Waals surface area contributed by atoms with Crippen molar-refractivity contribution in [1.82, 2.24) is 0 Å². The smallest absolute Gasteiger partial charge is 0.0195 e. The highest BCUT2D eigenvalue weighted by molar-refractivity contribution is 4.43. The first kappa shape index (κ1) is 23.6. The van der Waals surface area contributed by atoms with E-state index in [1.165, 1.54) is 53.2 Å². The Hall–Kier alpha value is -0.120. The Morgan fingerprint density at radius 1 is 0.714 bits per heavy atom. The van der Waals surface area contributed by atoms with Crippen molar-refractivity contribution >= 4 is 0 Å². The fraction of sp³-hybridized carbons (Fsp3) is 0.909. The summed E-state index contributed by atoms with van der Waals surface area (Å²) in [7, 11) is 4.50. The number of hydrogen-bond acceptors (Lipinski definition) is 3. The SMILES string of the molecule is CN.CN.CN.[CH2]CCCCCCC. The molecule has 0 saturated heterocycles. The lowest BCUT2D eigenvalue weighted by atomic mass is 10.1. The zero-order valence-corrected chi connectivity index (χ0v) is 10.7. The summed E-state index contributed by atoms with van der Waals surface area (Å²) < 4.78 is 0. The first-order valence-corrected chi connectivity index (χ1v) is 5.44. The summed E-state index contributed by atoms with van der Waals surface area (Å²) in [6.45, 7) is 6.02. The highest BCUT2D eigenvalue weighted by atomic mass is 14.4. The predicted molar refractivity (Wildman–Crippen MR) is 69.1 cm³/mol. The van der Waals surface area contributed by atoms with Crippen LogP contribution in [-0.2, 0) is 0 Å². The minimum atomic E-state index is 1.11. The number of hydrogen-bond donors (Lipinski definition) is 3. The normalized spacial score (nSPS) is 6.86. The third-order valence-corrected chi connectivity index (χ3v) is 1.35. The van der Waals surface area contributed by atoms with Gasteiger partial charge in [-0.15, -0.1) is 0 Å². The molecule has 0 aromatic carbocycles. The van der Waals surface area contributed by atoms with Crippen molar-refractivity contribution < 1.29 is 0 Å². The Labute approximate surface area is 91.4 Å². The Morgan fingerprint density at radius 2 is 1.07 bits per heavy atom.